The van der Waals surface area contributed by atoms with Crippen molar-refractivity contribution in [1.82, 2.24) is 10.2 Å². The van der Waals surface area contributed by atoms with Gasteiger partial charge in [-0.3, -0.25) is 4.79 Å². The van der Waals surface area contributed by atoms with E-state index in [1.165, 1.54) is 19.5 Å². The van der Waals surface area contributed by atoms with Gasteiger partial charge in [0.15, 0.2) is 0 Å². The monoisotopic (exact) mass is 326 g/mol. The Balaban J connectivity index is 1.36. The van der Waals surface area contributed by atoms with Gasteiger partial charge < -0.3 is 19.4 Å². The van der Waals surface area contributed by atoms with Crippen LogP contribution in [-0.2, 0) is 0 Å². The van der Waals surface area contributed by atoms with Crippen molar-refractivity contribution < 1.29 is 13.9 Å². The minimum Gasteiger partial charge on any atom is -0.434 e. The first kappa shape index (κ1) is 15.3. The molecule has 3 atom stereocenters. The molecule has 2 aliphatic rings. The fraction of sp³-hybridized carbons (Fsp3) is 0.421. The first-order valence-electron chi connectivity index (χ1n) is 8.52. The van der Waals surface area contributed by atoms with Gasteiger partial charge in [0, 0.05) is 30.8 Å². The van der Waals surface area contributed by atoms with Gasteiger partial charge in [0.05, 0.1) is 6.26 Å². The molecule has 2 saturated heterocycles. The molecule has 4 rings (SSSR count). The van der Waals surface area contributed by atoms with Gasteiger partial charge in [0.1, 0.15) is 5.75 Å². The molecule has 5 heteroatoms. The Labute approximate surface area is 141 Å². The molecule has 24 heavy (non-hydrogen) atoms. The van der Waals surface area contributed by atoms with Crippen LogP contribution < -0.4 is 10.1 Å². The molecule has 1 aromatic carbocycles. The molecule has 0 saturated carbocycles. The van der Waals surface area contributed by atoms with Crippen molar-refractivity contribution in [1.29, 1.82) is 0 Å². The number of carbonyl (C=O) groups is 1. The summed E-state index contributed by atoms with van der Waals surface area (Å²) in [5.41, 5.74) is 1.67. The Morgan fingerprint density at radius 1 is 1.29 bits per heavy atom. The lowest BCUT2D eigenvalue weighted by atomic mass is 9.96. The summed E-state index contributed by atoms with van der Waals surface area (Å²) in [6, 6.07) is 9.26. The van der Waals surface area contributed by atoms with Crippen LogP contribution in [0.3, 0.4) is 0 Å². The quantitative estimate of drug-likeness (QED) is 0.937. The van der Waals surface area contributed by atoms with Crippen LogP contribution in [0.4, 0.5) is 0 Å². The smallest absolute Gasteiger partial charge is 0.290 e. The molecule has 2 aromatic rings. The highest BCUT2D eigenvalue weighted by molar-refractivity contribution is 5.94. The fourth-order valence-corrected chi connectivity index (χ4v) is 3.68. The molecule has 0 spiro atoms. The zero-order valence-corrected chi connectivity index (χ0v) is 13.8. The van der Waals surface area contributed by atoms with Crippen LogP contribution in [0, 0.1) is 12.8 Å². The van der Waals surface area contributed by atoms with E-state index in [0.29, 0.717) is 17.3 Å². The minimum atomic E-state index is -0.0112. The molecule has 2 aliphatic heterocycles. The molecule has 1 amide bonds. The number of nitrogens with one attached hydrogen (secondary N) is 1. The van der Waals surface area contributed by atoms with E-state index in [0.717, 1.165) is 24.4 Å². The van der Waals surface area contributed by atoms with E-state index in [-0.39, 0.29) is 11.9 Å². The number of fused-ring (bicyclic) bond motifs is 2. The van der Waals surface area contributed by atoms with Crippen molar-refractivity contribution in [3.05, 3.63) is 47.7 Å². The third-order valence-corrected chi connectivity index (χ3v) is 4.84. The van der Waals surface area contributed by atoms with Crippen molar-refractivity contribution >= 4 is 5.91 Å². The molecular formula is C19H22N2O3. The van der Waals surface area contributed by atoms with Crippen molar-refractivity contribution in [2.24, 2.45) is 5.92 Å². The van der Waals surface area contributed by atoms with E-state index in [1.807, 2.05) is 13.0 Å². The fourth-order valence-electron chi connectivity index (χ4n) is 3.68. The topological polar surface area (TPSA) is 54.7 Å². The zero-order chi connectivity index (χ0) is 16.5. The Kier molecular flexibility index (Phi) is 4.02. The van der Waals surface area contributed by atoms with Gasteiger partial charge in [-0.25, -0.2) is 0 Å². The largest absolute Gasteiger partial charge is 0.434 e. The number of nitrogens with zero attached hydrogens (tertiary/aromatic N) is 1. The summed E-state index contributed by atoms with van der Waals surface area (Å²) in [6.45, 7) is 5.29. The van der Waals surface area contributed by atoms with Gasteiger partial charge in [-0.05, 0) is 62.1 Å². The summed E-state index contributed by atoms with van der Waals surface area (Å²) in [6.07, 6.45) is 4.01. The zero-order valence-electron chi connectivity index (χ0n) is 13.8. The number of hydrogen-bond donors (Lipinski definition) is 1. The summed E-state index contributed by atoms with van der Waals surface area (Å²) in [7, 11) is 0. The molecule has 1 aromatic heterocycles. The van der Waals surface area contributed by atoms with Crippen molar-refractivity contribution in [2.45, 2.75) is 25.8 Å². The molecule has 2 bridgehead atoms. The summed E-state index contributed by atoms with van der Waals surface area (Å²) in [4.78, 5) is 14.9. The number of hydrogen-bond acceptors (Lipinski definition) is 4. The van der Waals surface area contributed by atoms with Crippen LogP contribution in [0.5, 0.6) is 11.7 Å². The maximum Gasteiger partial charge on any atom is 0.290 e. The predicted molar refractivity (Wildman–Crippen MR) is 90.4 cm³/mol. The highest BCUT2D eigenvalue weighted by Gasteiger charge is 2.32. The lowest BCUT2D eigenvalue weighted by Gasteiger charge is -2.30. The van der Waals surface area contributed by atoms with Crippen molar-refractivity contribution in [3.8, 4) is 11.7 Å². The highest BCUT2D eigenvalue weighted by atomic mass is 16.6. The minimum absolute atomic E-state index is 0.0112. The second-order valence-electron chi connectivity index (χ2n) is 6.89. The number of ether oxygens (including phenoxy) is 1. The van der Waals surface area contributed by atoms with Gasteiger partial charge in [-0.15, -0.1) is 0 Å². The maximum absolute atomic E-state index is 12.4. The molecule has 1 N–H and O–H groups in total. The van der Waals surface area contributed by atoms with E-state index in [4.69, 9.17) is 9.15 Å². The average Bonchev–Trinajstić information content (AvgIpc) is 3.13. The summed E-state index contributed by atoms with van der Waals surface area (Å²) in [5.74, 6) is 1.85. The lowest BCUT2D eigenvalue weighted by Crippen LogP contribution is -2.46. The number of amides is 1. The standard InChI is InChI=1S/C19H22N2O3/c1-13-8-18(23-12-13)24-17-4-2-15(3-5-17)19(22)20-16-9-14-6-7-21(10-14)11-16/h2-5,8,12,14,16H,6-7,9-11H2,1H3,(H,20,22)/t14-,16+/m0/s1. The molecule has 3 heterocycles. The molecule has 2 fully saturated rings. The van der Waals surface area contributed by atoms with E-state index < -0.39 is 0 Å². The van der Waals surface area contributed by atoms with Crippen molar-refractivity contribution in [3.63, 3.8) is 0 Å². The number of carbonyl (C=O) groups excluding carboxylic acids is 1. The number of piperidine rings is 1. The van der Waals surface area contributed by atoms with Crippen LogP contribution in [-0.4, -0.2) is 36.5 Å². The van der Waals surface area contributed by atoms with Gasteiger partial charge in [-0.2, -0.15) is 0 Å². The van der Waals surface area contributed by atoms with Crippen LogP contribution in [0.1, 0.15) is 28.8 Å². The normalized spacial score (nSPS) is 25.5. The molecule has 1 unspecified atom stereocenters. The van der Waals surface area contributed by atoms with Crippen LogP contribution in [0.15, 0.2) is 41.0 Å². The third-order valence-electron chi connectivity index (χ3n) is 4.84. The van der Waals surface area contributed by atoms with Crippen LogP contribution in [0.25, 0.3) is 0 Å². The van der Waals surface area contributed by atoms with E-state index in [9.17, 15) is 4.79 Å². The molecule has 0 aliphatic carbocycles. The Bertz CT molecular complexity index is 710. The molecular weight excluding hydrogens is 304 g/mol. The SMILES string of the molecule is Cc1coc(Oc2ccc(C(=O)N[C@@H]3C[C@@H]4CCN(C4)C3)cc2)c1. The number of rotatable bonds is 4. The summed E-state index contributed by atoms with van der Waals surface area (Å²) < 4.78 is 10.9. The Morgan fingerprint density at radius 2 is 2.12 bits per heavy atom. The van der Waals surface area contributed by atoms with E-state index in [1.54, 1.807) is 30.5 Å². The number of aryl methyl sites for hydroxylation is 1. The van der Waals surface area contributed by atoms with Crippen molar-refractivity contribution in [2.75, 3.05) is 19.6 Å². The number of benzene rings is 1. The van der Waals surface area contributed by atoms with E-state index in [2.05, 4.69) is 10.2 Å². The Morgan fingerprint density at radius 3 is 2.83 bits per heavy atom. The van der Waals surface area contributed by atoms with Crippen LogP contribution in [0.2, 0.25) is 0 Å². The predicted octanol–water partition coefficient (Wildman–Crippen LogP) is 3.20. The highest BCUT2D eigenvalue weighted by Crippen LogP contribution is 2.27. The number of furan rings is 1. The lowest BCUT2D eigenvalue weighted by molar-refractivity contribution is 0.0909. The van der Waals surface area contributed by atoms with Gasteiger partial charge >= 0.3 is 0 Å². The molecule has 126 valence electrons. The maximum atomic E-state index is 12.4. The molecule has 5 nitrogen and oxygen atoms in total. The first-order chi connectivity index (χ1) is 11.7. The first-order valence-corrected chi connectivity index (χ1v) is 8.52. The molecule has 0 radical (unpaired) electrons. The second-order valence-corrected chi connectivity index (χ2v) is 6.89. The third kappa shape index (κ3) is 3.31. The van der Waals surface area contributed by atoms with Gasteiger partial charge in [0.25, 0.3) is 11.9 Å². The van der Waals surface area contributed by atoms with E-state index >= 15 is 0 Å². The van der Waals surface area contributed by atoms with Gasteiger partial charge in [0.2, 0.25) is 0 Å². The van der Waals surface area contributed by atoms with Crippen LogP contribution >= 0.6 is 0 Å². The summed E-state index contributed by atoms with van der Waals surface area (Å²) in [5, 5.41) is 3.17. The average molecular weight is 326 g/mol. The van der Waals surface area contributed by atoms with Gasteiger partial charge in [-0.1, -0.05) is 0 Å². The summed E-state index contributed by atoms with van der Waals surface area (Å²) >= 11 is 0. The second kappa shape index (κ2) is 6.32. The Hall–Kier alpha value is -2.27.